The Labute approximate surface area is 165 Å². The molecule has 0 aliphatic heterocycles. The predicted octanol–water partition coefficient (Wildman–Crippen LogP) is 5.41. The maximum absolute atomic E-state index is 14.2. The Kier molecular flexibility index (Phi) is 5.89. The third kappa shape index (κ3) is 4.62. The highest BCUT2D eigenvalue weighted by Crippen LogP contribution is 2.52. The van der Waals surface area contributed by atoms with E-state index in [0.29, 0.717) is 6.07 Å². The molecule has 0 N–H and O–H groups in total. The average molecular weight is 491 g/mol. The first kappa shape index (κ1) is 24.9. The number of halogens is 11. The standard InChI is InChI=1S/C15H8F11NO3S/c1-6-2-8(16)7(3-10(6)31(28,29)5-12(17,18)19)9-4-11(30-27-9)13(20,21)14(22,23)15(24,25)26/h2-4H,5H2,1H3. The van der Waals surface area contributed by atoms with Gasteiger partial charge in [0.2, 0.25) is 5.76 Å². The molecule has 0 radical (unpaired) electrons. The summed E-state index contributed by atoms with van der Waals surface area (Å²) in [4.78, 5) is -1.10. The van der Waals surface area contributed by atoms with Crippen LogP contribution >= 0.6 is 0 Å². The van der Waals surface area contributed by atoms with Crippen molar-refractivity contribution in [1.29, 1.82) is 0 Å². The molecule has 0 saturated carbocycles. The van der Waals surface area contributed by atoms with Gasteiger partial charge in [0.05, 0.1) is 4.90 Å². The van der Waals surface area contributed by atoms with Gasteiger partial charge in [0.1, 0.15) is 11.5 Å². The van der Waals surface area contributed by atoms with Gasteiger partial charge in [-0.3, -0.25) is 0 Å². The normalized spacial score (nSPS) is 14.2. The van der Waals surface area contributed by atoms with E-state index in [1.54, 1.807) is 0 Å². The number of rotatable bonds is 5. The van der Waals surface area contributed by atoms with Crippen LogP contribution in [0.15, 0.2) is 27.6 Å². The largest absolute Gasteiger partial charge is 0.460 e. The quantitative estimate of drug-likeness (QED) is 0.415. The third-order valence-electron chi connectivity index (χ3n) is 3.80. The molecule has 0 fully saturated rings. The van der Waals surface area contributed by atoms with Gasteiger partial charge in [-0.25, -0.2) is 12.8 Å². The zero-order valence-electron chi connectivity index (χ0n) is 14.7. The second-order valence-corrected chi connectivity index (χ2v) is 8.15. The summed E-state index contributed by atoms with van der Waals surface area (Å²) in [6.07, 6.45) is -11.9. The van der Waals surface area contributed by atoms with Crippen molar-refractivity contribution in [3.05, 3.63) is 35.3 Å². The summed E-state index contributed by atoms with van der Waals surface area (Å²) in [5.41, 5.74) is -2.77. The number of aromatic nitrogens is 1. The molecular formula is C15H8F11NO3S. The molecule has 16 heteroatoms. The number of alkyl halides is 10. The van der Waals surface area contributed by atoms with E-state index < -0.39 is 73.1 Å². The molecule has 2 rings (SSSR count). The van der Waals surface area contributed by atoms with Crippen molar-refractivity contribution in [2.24, 2.45) is 0 Å². The Morgan fingerprint density at radius 2 is 1.48 bits per heavy atom. The highest BCUT2D eigenvalue weighted by atomic mass is 32.2. The predicted molar refractivity (Wildman–Crippen MR) is 79.6 cm³/mol. The highest BCUT2D eigenvalue weighted by Gasteiger charge is 2.75. The van der Waals surface area contributed by atoms with Crippen LogP contribution in [0.5, 0.6) is 0 Å². The summed E-state index contributed by atoms with van der Waals surface area (Å²) < 4.78 is 170. The number of benzene rings is 1. The van der Waals surface area contributed by atoms with Gasteiger partial charge in [0.25, 0.3) is 0 Å². The first-order valence-electron chi connectivity index (χ1n) is 7.60. The summed E-state index contributed by atoms with van der Waals surface area (Å²) in [6.45, 7) is 0.905. The summed E-state index contributed by atoms with van der Waals surface area (Å²) >= 11 is 0. The van der Waals surface area contributed by atoms with Crippen LogP contribution in [0.2, 0.25) is 0 Å². The number of hydrogen-bond acceptors (Lipinski definition) is 4. The van der Waals surface area contributed by atoms with E-state index in [1.807, 2.05) is 0 Å². The lowest BCUT2D eigenvalue weighted by molar-refractivity contribution is -0.363. The van der Waals surface area contributed by atoms with Crippen LogP contribution in [0.3, 0.4) is 0 Å². The Morgan fingerprint density at radius 3 is 1.97 bits per heavy atom. The monoisotopic (exact) mass is 491 g/mol. The average Bonchev–Trinajstić information content (AvgIpc) is 3.01. The van der Waals surface area contributed by atoms with Gasteiger partial charge in [-0.1, -0.05) is 5.16 Å². The molecule has 2 aromatic rings. The van der Waals surface area contributed by atoms with E-state index in [9.17, 15) is 56.7 Å². The Hall–Kier alpha value is -2.39. The molecule has 0 aliphatic rings. The van der Waals surface area contributed by atoms with Gasteiger partial charge in [-0.05, 0) is 24.6 Å². The molecule has 31 heavy (non-hydrogen) atoms. The van der Waals surface area contributed by atoms with Crippen molar-refractivity contribution >= 4 is 9.84 Å². The van der Waals surface area contributed by atoms with Crippen LogP contribution in [0.25, 0.3) is 11.3 Å². The summed E-state index contributed by atoms with van der Waals surface area (Å²) in [5.74, 6) is -18.8. The molecule has 0 bridgehead atoms. The van der Waals surface area contributed by atoms with Crippen molar-refractivity contribution < 1.29 is 61.2 Å². The molecular weight excluding hydrogens is 483 g/mol. The van der Waals surface area contributed by atoms with Crippen molar-refractivity contribution in [2.45, 2.75) is 36.0 Å². The molecule has 0 spiro atoms. The molecule has 0 atom stereocenters. The van der Waals surface area contributed by atoms with E-state index in [0.717, 1.165) is 6.92 Å². The molecule has 4 nitrogen and oxygen atoms in total. The first-order valence-corrected chi connectivity index (χ1v) is 9.25. The SMILES string of the molecule is Cc1cc(F)c(-c2cc(C(F)(F)C(F)(F)C(F)(F)F)on2)cc1S(=O)(=O)CC(F)(F)F. The van der Waals surface area contributed by atoms with E-state index in [2.05, 4.69) is 9.68 Å². The molecule has 0 amide bonds. The number of hydrogen-bond donors (Lipinski definition) is 0. The molecule has 0 aliphatic carbocycles. The zero-order chi connectivity index (χ0) is 24.2. The number of aryl methyl sites for hydroxylation is 1. The fraction of sp³-hybridized carbons (Fsp3) is 0.400. The van der Waals surface area contributed by atoms with Crippen LogP contribution in [0.1, 0.15) is 11.3 Å². The van der Waals surface area contributed by atoms with Crippen LogP contribution < -0.4 is 0 Å². The fourth-order valence-corrected chi connectivity index (χ4v) is 3.79. The van der Waals surface area contributed by atoms with Crippen molar-refractivity contribution in [2.75, 3.05) is 5.75 Å². The Bertz CT molecular complexity index is 1080. The lowest BCUT2D eigenvalue weighted by Crippen LogP contribution is -2.49. The van der Waals surface area contributed by atoms with Crippen molar-refractivity contribution in [3.63, 3.8) is 0 Å². The molecule has 1 aromatic carbocycles. The van der Waals surface area contributed by atoms with Gasteiger partial charge in [0.15, 0.2) is 15.6 Å². The lowest BCUT2D eigenvalue weighted by atomic mass is 10.1. The third-order valence-corrected chi connectivity index (χ3v) is 5.62. The van der Waals surface area contributed by atoms with Gasteiger partial charge in [0, 0.05) is 11.6 Å². The lowest BCUT2D eigenvalue weighted by Gasteiger charge is -2.25. The van der Waals surface area contributed by atoms with Gasteiger partial charge in [-0.2, -0.15) is 43.9 Å². The highest BCUT2D eigenvalue weighted by molar-refractivity contribution is 7.91. The van der Waals surface area contributed by atoms with Crippen molar-refractivity contribution in [3.8, 4) is 11.3 Å². The fourth-order valence-electron chi connectivity index (χ4n) is 2.36. The number of sulfone groups is 1. The molecule has 0 saturated heterocycles. The van der Waals surface area contributed by atoms with Crippen molar-refractivity contribution in [1.82, 2.24) is 5.16 Å². The summed E-state index contributed by atoms with van der Waals surface area (Å²) in [5, 5.41) is 2.72. The minimum absolute atomic E-state index is 0.215. The van der Waals surface area contributed by atoms with E-state index >= 15 is 0 Å². The van der Waals surface area contributed by atoms with Gasteiger partial charge >= 0.3 is 24.2 Å². The smallest absolute Gasteiger partial charge is 0.354 e. The first-order chi connectivity index (χ1) is 13.7. The van der Waals surface area contributed by atoms with Crippen LogP contribution in [-0.2, 0) is 15.8 Å². The minimum Gasteiger partial charge on any atom is -0.354 e. The second-order valence-electron chi connectivity index (χ2n) is 6.19. The van der Waals surface area contributed by atoms with E-state index in [1.165, 1.54) is 0 Å². The summed E-state index contributed by atoms with van der Waals surface area (Å²) in [7, 11) is -5.13. The van der Waals surface area contributed by atoms with Gasteiger partial charge < -0.3 is 4.52 Å². The number of nitrogens with zero attached hydrogens (tertiary/aromatic N) is 1. The topological polar surface area (TPSA) is 60.2 Å². The zero-order valence-corrected chi connectivity index (χ0v) is 15.5. The Balaban J connectivity index is 2.59. The van der Waals surface area contributed by atoms with Gasteiger partial charge in [-0.15, -0.1) is 0 Å². The maximum atomic E-state index is 14.2. The minimum atomic E-state index is -6.71. The molecule has 1 heterocycles. The van der Waals surface area contributed by atoms with Crippen LogP contribution in [0, 0.1) is 12.7 Å². The molecule has 174 valence electrons. The Morgan fingerprint density at radius 1 is 0.935 bits per heavy atom. The summed E-state index contributed by atoms with van der Waals surface area (Å²) in [6, 6.07) is 0.413. The van der Waals surface area contributed by atoms with E-state index in [4.69, 9.17) is 0 Å². The molecule has 0 unspecified atom stereocenters. The second kappa shape index (κ2) is 7.34. The van der Waals surface area contributed by atoms with Crippen LogP contribution in [-0.4, -0.2) is 37.6 Å². The van der Waals surface area contributed by atoms with E-state index in [-0.39, 0.29) is 12.1 Å². The maximum Gasteiger partial charge on any atom is 0.460 e. The molecule has 1 aromatic heterocycles. The van der Waals surface area contributed by atoms with Crippen LogP contribution in [0.4, 0.5) is 48.3 Å².